The first kappa shape index (κ1) is 13.5. The number of rotatable bonds is 4. The number of nitrogens with zero attached hydrogens (tertiary/aromatic N) is 2. The second-order valence-electron chi connectivity index (χ2n) is 4.31. The highest BCUT2D eigenvalue weighted by molar-refractivity contribution is 7.91. The SMILES string of the molecule is CNCC1CCN(S(=O)(=O)c2ccc(C#N)s2)C1. The number of thiophene rings is 1. The molecular weight excluding hydrogens is 270 g/mol. The van der Waals surface area contributed by atoms with E-state index in [4.69, 9.17) is 5.26 Å². The van der Waals surface area contributed by atoms with Crippen LogP contribution in [0.25, 0.3) is 0 Å². The summed E-state index contributed by atoms with van der Waals surface area (Å²) < 4.78 is 26.4. The molecule has 1 aliphatic rings. The molecule has 0 saturated carbocycles. The van der Waals surface area contributed by atoms with Gasteiger partial charge in [0.05, 0.1) is 0 Å². The van der Waals surface area contributed by atoms with Crippen molar-refractivity contribution in [3.05, 3.63) is 17.0 Å². The summed E-state index contributed by atoms with van der Waals surface area (Å²) in [7, 11) is -1.54. The highest BCUT2D eigenvalue weighted by Gasteiger charge is 2.33. The number of hydrogen-bond acceptors (Lipinski definition) is 5. The fourth-order valence-electron chi connectivity index (χ4n) is 2.12. The average Bonchev–Trinajstić information content (AvgIpc) is 2.98. The summed E-state index contributed by atoms with van der Waals surface area (Å²) in [6.07, 6.45) is 0.885. The number of sulfonamides is 1. The van der Waals surface area contributed by atoms with Gasteiger partial charge in [0.25, 0.3) is 10.0 Å². The van der Waals surface area contributed by atoms with Crippen molar-refractivity contribution in [1.29, 1.82) is 5.26 Å². The summed E-state index contributed by atoms with van der Waals surface area (Å²) >= 11 is 1.03. The molecule has 0 bridgehead atoms. The lowest BCUT2D eigenvalue weighted by atomic mass is 10.1. The van der Waals surface area contributed by atoms with Gasteiger partial charge in [-0.1, -0.05) is 0 Å². The lowest BCUT2D eigenvalue weighted by molar-refractivity contribution is 0.452. The Labute approximate surface area is 111 Å². The molecule has 2 rings (SSSR count). The van der Waals surface area contributed by atoms with Crippen molar-refractivity contribution in [3.8, 4) is 6.07 Å². The van der Waals surface area contributed by atoms with Crippen LogP contribution in [0.4, 0.5) is 0 Å². The van der Waals surface area contributed by atoms with E-state index in [-0.39, 0.29) is 4.21 Å². The molecule has 0 radical (unpaired) electrons. The van der Waals surface area contributed by atoms with Gasteiger partial charge in [-0.2, -0.15) is 9.57 Å². The quantitative estimate of drug-likeness (QED) is 0.890. The number of nitriles is 1. The minimum Gasteiger partial charge on any atom is -0.319 e. The van der Waals surface area contributed by atoms with E-state index in [1.807, 2.05) is 13.1 Å². The average molecular weight is 285 g/mol. The Morgan fingerprint density at radius 2 is 2.39 bits per heavy atom. The van der Waals surface area contributed by atoms with E-state index in [0.29, 0.717) is 23.9 Å². The van der Waals surface area contributed by atoms with Crippen molar-refractivity contribution in [2.24, 2.45) is 5.92 Å². The van der Waals surface area contributed by atoms with E-state index in [0.717, 1.165) is 24.3 Å². The molecule has 0 spiro atoms. The predicted octanol–water partition coefficient (Wildman–Crippen LogP) is 0.850. The summed E-state index contributed by atoms with van der Waals surface area (Å²) in [6, 6.07) is 5.04. The van der Waals surface area contributed by atoms with Crippen LogP contribution in [-0.4, -0.2) is 39.4 Å². The molecule has 1 unspecified atom stereocenters. The molecule has 1 aromatic heterocycles. The van der Waals surface area contributed by atoms with E-state index in [1.54, 1.807) is 6.07 Å². The van der Waals surface area contributed by atoms with Crippen molar-refractivity contribution >= 4 is 21.4 Å². The Kier molecular flexibility index (Phi) is 4.02. The normalized spacial score (nSPS) is 21.0. The van der Waals surface area contributed by atoms with E-state index in [9.17, 15) is 8.42 Å². The van der Waals surface area contributed by atoms with Crippen LogP contribution in [-0.2, 0) is 10.0 Å². The molecule has 5 nitrogen and oxygen atoms in total. The fourth-order valence-corrected chi connectivity index (χ4v) is 4.91. The molecular formula is C11H15N3O2S2. The smallest absolute Gasteiger partial charge is 0.252 e. The molecule has 98 valence electrons. The van der Waals surface area contributed by atoms with Gasteiger partial charge >= 0.3 is 0 Å². The topological polar surface area (TPSA) is 73.2 Å². The van der Waals surface area contributed by atoms with Gasteiger partial charge in [0.2, 0.25) is 0 Å². The van der Waals surface area contributed by atoms with Crippen molar-refractivity contribution < 1.29 is 8.42 Å². The van der Waals surface area contributed by atoms with Crippen molar-refractivity contribution in [2.75, 3.05) is 26.7 Å². The van der Waals surface area contributed by atoms with E-state index < -0.39 is 10.0 Å². The molecule has 0 aliphatic carbocycles. The molecule has 1 saturated heterocycles. The summed E-state index contributed by atoms with van der Waals surface area (Å²) in [6.45, 7) is 1.96. The first-order valence-corrected chi connectivity index (χ1v) is 7.98. The van der Waals surface area contributed by atoms with Crippen LogP contribution in [0.1, 0.15) is 11.3 Å². The third-order valence-corrected chi connectivity index (χ3v) is 6.35. The van der Waals surface area contributed by atoms with Gasteiger partial charge in [-0.15, -0.1) is 11.3 Å². The van der Waals surface area contributed by atoms with Crippen LogP contribution in [0.5, 0.6) is 0 Å². The maximum absolute atomic E-state index is 12.3. The standard InChI is InChI=1S/C11H15N3O2S2/c1-13-7-9-4-5-14(8-9)18(15,16)11-3-2-10(6-12)17-11/h2-3,9,13H,4-5,7-8H2,1H3. The minimum atomic E-state index is -3.41. The second kappa shape index (κ2) is 5.36. The largest absolute Gasteiger partial charge is 0.319 e. The molecule has 1 fully saturated rings. The monoisotopic (exact) mass is 285 g/mol. The lowest BCUT2D eigenvalue weighted by Gasteiger charge is -2.15. The Balaban J connectivity index is 2.15. The molecule has 0 aromatic carbocycles. The number of hydrogen-bond donors (Lipinski definition) is 1. The van der Waals surface area contributed by atoms with Crippen LogP contribution < -0.4 is 5.32 Å². The van der Waals surface area contributed by atoms with Gasteiger partial charge in [0, 0.05) is 13.1 Å². The Morgan fingerprint density at radius 1 is 1.61 bits per heavy atom. The van der Waals surface area contributed by atoms with E-state index >= 15 is 0 Å². The number of nitrogens with one attached hydrogen (secondary N) is 1. The maximum Gasteiger partial charge on any atom is 0.252 e. The third kappa shape index (κ3) is 2.57. The van der Waals surface area contributed by atoms with E-state index in [2.05, 4.69) is 5.32 Å². The zero-order valence-electron chi connectivity index (χ0n) is 10.1. The molecule has 7 heteroatoms. The van der Waals surface area contributed by atoms with E-state index in [1.165, 1.54) is 10.4 Å². The molecule has 1 atom stereocenters. The molecule has 1 N–H and O–H groups in total. The first-order chi connectivity index (χ1) is 8.57. The Hall–Kier alpha value is -0.940. The molecule has 2 heterocycles. The zero-order valence-corrected chi connectivity index (χ0v) is 11.7. The summed E-state index contributed by atoms with van der Waals surface area (Å²) in [4.78, 5) is 0.430. The van der Waals surface area contributed by atoms with Gasteiger partial charge in [-0.25, -0.2) is 8.42 Å². The first-order valence-electron chi connectivity index (χ1n) is 5.72. The van der Waals surface area contributed by atoms with Gasteiger partial charge < -0.3 is 5.32 Å². The van der Waals surface area contributed by atoms with Crippen molar-refractivity contribution in [2.45, 2.75) is 10.6 Å². The fraction of sp³-hybridized carbons (Fsp3) is 0.545. The molecule has 1 aromatic rings. The van der Waals surface area contributed by atoms with Gasteiger partial charge in [0.1, 0.15) is 15.2 Å². The van der Waals surface area contributed by atoms with Crippen LogP contribution >= 0.6 is 11.3 Å². The third-order valence-electron chi connectivity index (χ3n) is 3.03. The Bertz CT molecular complexity index is 559. The highest BCUT2D eigenvalue weighted by Crippen LogP contribution is 2.28. The summed E-state index contributed by atoms with van der Waals surface area (Å²) in [5.74, 6) is 0.375. The van der Waals surface area contributed by atoms with Crippen LogP contribution in [0.2, 0.25) is 0 Å². The van der Waals surface area contributed by atoms with Crippen molar-refractivity contribution in [1.82, 2.24) is 9.62 Å². The Morgan fingerprint density at radius 3 is 3.00 bits per heavy atom. The van der Waals surface area contributed by atoms with Crippen LogP contribution in [0.15, 0.2) is 16.3 Å². The van der Waals surface area contributed by atoms with Gasteiger partial charge in [0.15, 0.2) is 0 Å². The van der Waals surface area contributed by atoms with Crippen molar-refractivity contribution in [3.63, 3.8) is 0 Å². The summed E-state index contributed by atoms with van der Waals surface area (Å²) in [5, 5.41) is 11.8. The van der Waals surface area contributed by atoms with Gasteiger partial charge in [-0.05, 0) is 38.1 Å². The summed E-state index contributed by atoms with van der Waals surface area (Å²) in [5.41, 5.74) is 0. The lowest BCUT2D eigenvalue weighted by Crippen LogP contribution is -2.29. The zero-order chi connectivity index (χ0) is 13.2. The van der Waals surface area contributed by atoms with Gasteiger partial charge in [-0.3, -0.25) is 0 Å². The molecule has 1 aliphatic heterocycles. The minimum absolute atomic E-state index is 0.268. The molecule has 0 amide bonds. The molecule has 18 heavy (non-hydrogen) atoms. The highest BCUT2D eigenvalue weighted by atomic mass is 32.2. The van der Waals surface area contributed by atoms with Crippen LogP contribution in [0.3, 0.4) is 0 Å². The predicted molar refractivity (Wildman–Crippen MR) is 69.8 cm³/mol. The second-order valence-corrected chi connectivity index (χ2v) is 7.55. The maximum atomic E-state index is 12.3. The van der Waals surface area contributed by atoms with Crippen LogP contribution in [0, 0.1) is 17.2 Å².